The number of nitrogens with zero attached hydrogens (tertiary/aromatic N) is 2. The smallest absolute Gasteiger partial charge is 0.125 e. The highest BCUT2D eigenvalue weighted by molar-refractivity contribution is 5.43. The van der Waals surface area contributed by atoms with Crippen molar-refractivity contribution in [2.45, 2.75) is 26.4 Å². The van der Waals surface area contributed by atoms with Gasteiger partial charge in [-0.05, 0) is 24.6 Å². The van der Waals surface area contributed by atoms with Crippen molar-refractivity contribution in [2.75, 3.05) is 5.32 Å². The van der Waals surface area contributed by atoms with E-state index < -0.39 is 0 Å². The fraction of sp³-hybridized carbons (Fsp3) is 0.308. The van der Waals surface area contributed by atoms with Crippen molar-refractivity contribution in [1.29, 1.82) is 0 Å². The maximum absolute atomic E-state index is 12.9. The molecule has 2 aromatic rings. The molecule has 0 saturated carbocycles. The first kappa shape index (κ1) is 11.6. The number of nitrogens with one attached hydrogen (secondary N) is 1. The maximum Gasteiger partial charge on any atom is 0.125 e. The zero-order valence-corrected chi connectivity index (χ0v) is 9.86. The van der Waals surface area contributed by atoms with Crippen LogP contribution in [0.25, 0.3) is 0 Å². The molecular formula is C13H16FN3. The third-order valence-corrected chi connectivity index (χ3v) is 2.46. The number of anilines is 1. The van der Waals surface area contributed by atoms with E-state index in [0.29, 0.717) is 6.54 Å². The van der Waals surface area contributed by atoms with E-state index in [2.05, 4.69) is 17.3 Å². The summed E-state index contributed by atoms with van der Waals surface area (Å²) in [5.41, 5.74) is 1.89. The van der Waals surface area contributed by atoms with Crippen molar-refractivity contribution in [3.63, 3.8) is 0 Å². The molecule has 3 nitrogen and oxygen atoms in total. The molecule has 0 fully saturated rings. The summed E-state index contributed by atoms with van der Waals surface area (Å²) in [4.78, 5) is 0. The average Bonchev–Trinajstić information content (AvgIpc) is 2.75. The molecule has 0 aliphatic rings. The van der Waals surface area contributed by atoms with Crippen LogP contribution in [0.2, 0.25) is 0 Å². The summed E-state index contributed by atoms with van der Waals surface area (Å²) < 4.78 is 14.9. The van der Waals surface area contributed by atoms with E-state index in [1.807, 2.05) is 23.1 Å². The van der Waals surface area contributed by atoms with E-state index in [4.69, 9.17) is 0 Å². The quantitative estimate of drug-likeness (QED) is 0.860. The Morgan fingerprint density at radius 2 is 2.29 bits per heavy atom. The lowest BCUT2D eigenvalue weighted by atomic mass is 10.3. The summed E-state index contributed by atoms with van der Waals surface area (Å²) in [6.07, 6.45) is 4.91. The summed E-state index contributed by atoms with van der Waals surface area (Å²) in [5.74, 6) is -0.225. The van der Waals surface area contributed by atoms with Crippen LogP contribution in [0.15, 0.2) is 36.7 Å². The van der Waals surface area contributed by atoms with E-state index >= 15 is 0 Å². The van der Waals surface area contributed by atoms with Gasteiger partial charge in [0.25, 0.3) is 0 Å². The van der Waals surface area contributed by atoms with Gasteiger partial charge in [-0.15, -0.1) is 0 Å². The topological polar surface area (TPSA) is 29.9 Å². The number of aromatic nitrogens is 2. The van der Waals surface area contributed by atoms with Crippen LogP contribution in [0.3, 0.4) is 0 Å². The number of aryl methyl sites for hydroxylation is 1. The van der Waals surface area contributed by atoms with E-state index in [0.717, 1.165) is 24.2 Å². The van der Waals surface area contributed by atoms with Crippen LogP contribution in [0.4, 0.5) is 10.1 Å². The summed E-state index contributed by atoms with van der Waals surface area (Å²) in [6.45, 7) is 3.71. The number of hydrogen-bond acceptors (Lipinski definition) is 2. The van der Waals surface area contributed by atoms with Gasteiger partial charge in [-0.1, -0.05) is 13.0 Å². The third kappa shape index (κ3) is 3.31. The Kier molecular flexibility index (Phi) is 3.75. The molecule has 1 N–H and O–H groups in total. The van der Waals surface area contributed by atoms with Crippen molar-refractivity contribution in [3.05, 3.63) is 48.0 Å². The van der Waals surface area contributed by atoms with Gasteiger partial charge in [-0.2, -0.15) is 5.10 Å². The highest BCUT2D eigenvalue weighted by atomic mass is 19.1. The van der Waals surface area contributed by atoms with Gasteiger partial charge in [0, 0.05) is 30.5 Å². The molecule has 1 aromatic carbocycles. The Bertz CT molecular complexity index is 479. The second-order valence-electron chi connectivity index (χ2n) is 3.98. The van der Waals surface area contributed by atoms with E-state index in [1.165, 1.54) is 12.1 Å². The summed E-state index contributed by atoms with van der Waals surface area (Å²) in [5, 5.41) is 7.40. The molecule has 0 aliphatic carbocycles. The van der Waals surface area contributed by atoms with Crippen molar-refractivity contribution in [1.82, 2.24) is 9.78 Å². The lowest BCUT2D eigenvalue weighted by molar-refractivity contribution is 0.602. The van der Waals surface area contributed by atoms with Crippen molar-refractivity contribution >= 4 is 5.69 Å². The molecule has 2 rings (SSSR count). The molecular weight excluding hydrogens is 217 g/mol. The first-order valence-corrected chi connectivity index (χ1v) is 5.78. The lowest BCUT2D eigenvalue weighted by Crippen LogP contribution is -1.99. The van der Waals surface area contributed by atoms with Gasteiger partial charge in [-0.25, -0.2) is 4.39 Å². The molecule has 1 aromatic heterocycles. The monoisotopic (exact) mass is 233 g/mol. The molecule has 0 unspecified atom stereocenters. The van der Waals surface area contributed by atoms with Crippen molar-refractivity contribution in [2.24, 2.45) is 0 Å². The number of benzene rings is 1. The molecule has 90 valence electrons. The van der Waals surface area contributed by atoms with Gasteiger partial charge < -0.3 is 5.32 Å². The SMILES string of the molecule is CCCn1cc(CNc2cccc(F)c2)cn1. The van der Waals surface area contributed by atoms with Crippen LogP contribution in [0.5, 0.6) is 0 Å². The van der Waals surface area contributed by atoms with Crippen LogP contribution >= 0.6 is 0 Å². The second kappa shape index (κ2) is 5.48. The minimum Gasteiger partial charge on any atom is -0.381 e. The highest BCUT2D eigenvalue weighted by Gasteiger charge is 1.99. The Labute approximate surface area is 100 Å². The normalized spacial score (nSPS) is 10.5. The highest BCUT2D eigenvalue weighted by Crippen LogP contribution is 2.10. The lowest BCUT2D eigenvalue weighted by Gasteiger charge is -2.04. The van der Waals surface area contributed by atoms with E-state index in [9.17, 15) is 4.39 Å². The molecule has 0 saturated heterocycles. The summed E-state index contributed by atoms with van der Waals surface area (Å²) in [7, 11) is 0. The van der Waals surface area contributed by atoms with Gasteiger partial charge in [0.1, 0.15) is 5.82 Å². The minimum atomic E-state index is -0.225. The fourth-order valence-corrected chi connectivity index (χ4v) is 1.65. The van der Waals surface area contributed by atoms with Crippen LogP contribution < -0.4 is 5.32 Å². The largest absolute Gasteiger partial charge is 0.381 e. The fourth-order valence-electron chi connectivity index (χ4n) is 1.65. The van der Waals surface area contributed by atoms with Crippen LogP contribution in [0, 0.1) is 5.82 Å². The molecule has 0 radical (unpaired) electrons. The summed E-state index contributed by atoms with van der Waals surface area (Å²) >= 11 is 0. The number of halogens is 1. The van der Waals surface area contributed by atoms with Gasteiger partial charge in [0.05, 0.1) is 6.20 Å². The predicted octanol–water partition coefficient (Wildman–Crippen LogP) is 3.04. The Morgan fingerprint density at radius 1 is 1.41 bits per heavy atom. The van der Waals surface area contributed by atoms with Gasteiger partial charge in [0.2, 0.25) is 0 Å². The standard InChI is InChI=1S/C13H16FN3/c1-2-6-17-10-11(9-16-17)8-15-13-5-3-4-12(14)7-13/h3-5,7,9-10,15H,2,6,8H2,1H3. The van der Waals surface area contributed by atoms with Crippen LogP contribution in [-0.2, 0) is 13.1 Å². The maximum atomic E-state index is 12.9. The van der Waals surface area contributed by atoms with Gasteiger partial charge in [-0.3, -0.25) is 4.68 Å². The molecule has 0 amide bonds. The Morgan fingerprint density at radius 3 is 3.06 bits per heavy atom. The molecule has 0 atom stereocenters. The second-order valence-corrected chi connectivity index (χ2v) is 3.98. The average molecular weight is 233 g/mol. The summed E-state index contributed by atoms with van der Waals surface area (Å²) in [6, 6.07) is 6.46. The molecule has 1 heterocycles. The van der Waals surface area contributed by atoms with Crippen LogP contribution in [-0.4, -0.2) is 9.78 Å². The number of hydrogen-bond donors (Lipinski definition) is 1. The third-order valence-electron chi connectivity index (χ3n) is 2.46. The first-order valence-electron chi connectivity index (χ1n) is 5.78. The number of rotatable bonds is 5. The predicted molar refractivity (Wildman–Crippen MR) is 66.2 cm³/mol. The minimum absolute atomic E-state index is 0.225. The molecule has 0 aliphatic heterocycles. The van der Waals surface area contributed by atoms with E-state index in [-0.39, 0.29) is 5.82 Å². The van der Waals surface area contributed by atoms with E-state index in [1.54, 1.807) is 6.07 Å². The molecule has 0 bridgehead atoms. The van der Waals surface area contributed by atoms with Crippen molar-refractivity contribution in [3.8, 4) is 0 Å². The first-order chi connectivity index (χ1) is 8.28. The molecule has 17 heavy (non-hydrogen) atoms. The van der Waals surface area contributed by atoms with Crippen molar-refractivity contribution < 1.29 is 4.39 Å². The van der Waals surface area contributed by atoms with Gasteiger partial charge in [0.15, 0.2) is 0 Å². The zero-order valence-electron chi connectivity index (χ0n) is 9.86. The Balaban J connectivity index is 1.93. The molecule has 4 heteroatoms. The van der Waals surface area contributed by atoms with Crippen LogP contribution in [0.1, 0.15) is 18.9 Å². The van der Waals surface area contributed by atoms with Gasteiger partial charge >= 0.3 is 0 Å². The Hall–Kier alpha value is -1.84. The zero-order chi connectivity index (χ0) is 12.1. The molecule has 0 spiro atoms.